The molecule has 0 atom stereocenters. The first-order valence-electron chi connectivity index (χ1n) is 8.95. The average Bonchev–Trinajstić information content (AvgIpc) is 2.72. The third-order valence-corrected chi connectivity index (χ3v) is 6.47. The van der Waals surface area contributed by atoms with Gasteiger partial charge in [-0.15, -0.1) is 10.2 Å². The lowest BCUT2D eigenvalue weighted by molar-refractivity contribution is -2.00. The Morgan fingerprint density at radius 3 is 2.26 bits per heavy atom. The molecule has 0 spiro atoms. The number of allylic oxidation sites excluding steroid dienone is 2. The highest BCUT2D eigenvalue weighted by Crippen LogP contribution is 2.46. The highest BCUT2D eigenvalue weighted by molar-refractivity contribution is 8.03. The number of ether oxygens (including phenoxy) is 2. The molecule has 1 aliphatic heterocycles. The Bertz CT molecular complexity index is 1150. The average molecular weight is 479 g/mol. The van der Waals surface area contributed by atoms with E-state index in [-0.39, 0.29) is 0 Å². The van der Waals surface area contributed by atoms with Gasteiger partial charge in [-0.2, -0.15) is 0 Å². The van der Waals surface area contributed by atoms with Crippen molar-refractivity contribution in [3.8, 4) is 11.5 Å². The highest BCUT2D eigenvalue weighted by Gasteiger charge is 2.19. The Labute approximate surface area is 190 Å². The summed E-state index contributed by atoms with van der Waals surface area (Å²) in [5, 5.41) is 3.33. The van der Waals surface area contributed by atoms with Crippen molar-refractivity contribution in [1.82, 2.24) is 0 Å². The fraction of sp³-hybridized carbons (Fsp3) is 0.136. The van der Waals surface area contributed by atoms with Crippen LogP contribution in [0, 0.1) is 10.2 Å². The van der Waals surface area contributed by atoms with Crippen LogP contribution in [-0.2, 0) is 0 Å². The molecule has 0 saturated carbocycles. The van der Waals surface area contributed by atoms with Gasteiger partial charge in [0.05, 0.1) is 24.5 Å². The summed E-state index contributed by atoms with van der Waals surface area (Å²) in [6.45, 7) is 2.15. The van der Waals surface area contributed by atoms with Crippen molar-refractivity contribution < 1.29 is 38.4 Å². The number of thioether (sulfide) groups is 1. The van der Waals surface area contributed by atoms with E-state index in [0.717, 1.165) is 11.5 Å². The quantitative estimate of drug-likeness (QED) is 0.529. The normalized spacial score (nSPS) is 14.4. The highest BCUT2D eigenvalue weighted by atomic mass is 35.7. The smallest absolute Gasteiger partial charge is 0.280 e. The molecule has 3 aromatic rings. The molecule has 1 aromatic heterocycles. The molecule has 2 aromatic carbocycles. The minimum absolute atomic E-state index is 0.919. The lowest BCUT2D eigenvalue weighted by atomic mass is 10.1. The second-order valence-corrected chi connectivity index (χ2v) is 9.16. The Morgan fingerprint density at radius 2 is 1.58 bits per heavy atom. The second-order valence-electron chi connectivity index (χ2n) is 6.40. The summed E-state index contributed by atoms with van der Waals surface area (Å²) in [4.78, 5) is 2.39. The van der Waals surface area contributed by atoms with Gasteiger partial charge in [-0.25, -0.2) is 18.6 Å². The fourth-order valence-electron chi connectivity index (χ4n) is 3.17. The maximum Gasteiger partial charge on any atom is 0.280 e. The third-order valence-electron chi connectivity index (χ3n) is 4.44. The van der Waals surface area contributed by atoms with Crippen LogP contribution in [0.5, 0.6) is 11.5 Å². The summed E-state index contributed by atoms with van der Waals surface area (Å²) in [5.41, 5.74) is 3.69. The first-order chi connectivity index (χ1) is 14.7. The molecule has 0 saturated heterocycles. The van der Waals surface area contributed by atoms with Crippen LogP contribution < -0.4 is 28.1 Å². The van der Waals surface area contributed by atoms with E-state index < -0.39 is 10.2 Å². The molecule has 4 rings (SSSR count). The number of benzene rings is 2. The van der Waals surface area contributed by atoms with Gasteiger partial charge in [0, 0.05) is 11.0 Å². The van der Waals surface area contributed by atoms with Crippen molar-refractivity contribution in [2.45, 2.75) is 11.8 Å². The molecular formula is C22H19ClO6S2. The van der Waals surface area contributed by atoms with Crippen molar-refractivity contribution in [3.63, 3.8) is 0 Å². The Kier molecular flexibility index (Phi) is 7.55. The van der Waals surface area contributed by atoms with E-state index in [1.807, 2.05) is 24.3 Å². The van der Waals surface area contributed by atoms with E-state index in [1.165, 1.54) is 36.6 Å². The molecule has 0 unspecified atom stereocenters. The van der Waals surface area contributed by atoms with Crippen LogP contribution in [-0.4, -0.2) is 14.2 Å². The van der Waals surface area contributed by atoms with Gasteiger partial charge < -0.3 is 9.47 Å². The van der Waals surface area contributed by atoms with Crippen LogP contribution in [0.2, 0.25) is 0 Å². The van der Waals surface area contributed by atoms with Crippen LogP contribution in [0.1, 0.15) is 18.1 Å². The number of hydrogen-bond acceptors (Lipinski definition) is 7. The van der Waals surface area contributed by atoms with Gasteiger partial charge in [-0.05, 0) is 54.0 Å². The molecule has 0 bridgehead atoms. The van der Waals surface area contributed by atoms with Crippen molar-refractivity contribution in [3.05, 3.63) is 70.0 Å². The molecule has 6 nitrogen and oxygen atoms in total. The maximum absolute atomic E-state index is 8.49. The Balaban J connectivity index is 0.000000491. The van der Waals surface area contributed by atoms with Crippen LogP contribution in [0.15, 0.2) is 63.7 Å². The van der Waals surface area contributed by atoms with E-state index in [9.17, 15) is 0 Å². The van der Waals surface area contributed by atoms with Crippen LogP contribution in [0.25, 0.3) is 21.7 Å². The number of fused-ring (bicyclic) bond motifs is 2. The topological polar surface area (TPSA) is 111 Å². The van der Waals surface area contributed by atoms with Gasteiger partial charge in [0.2, 0.25) is 11.3 Å². The van der Waals surface area contributed by atoms with Gasteiger partial charge in [-0.1, -0.05) is 30.0 Å². The van der Waals surface area contributed by atoms with E-state index in [4.69, 9.17) is 28.1 Å². The van der Waals surface area contributed by atoms with Gasteiger partial charge in [-0.3, -0.25) is 0 Å². The zero-order chi connectivity index (χ0) is 22.6. The summed E-state index contributed by atoms with van der Waals surface area (Å²) >= 11 is 3.46. The fourth-order valence-corrected chi connectivity index (χ4v) is 5.35. The zero-order valence-corrected chi connectivity index (χ0v) is 19.3. The third kappa shape index (κ3) is 5.96. The minimum Gasteiger partial charge on any atom is -0.496 e. The number of methoxy groups -OCH3 is 2. The maximum atomic E-state index is 8.49. The van der Waals surface area contributed by atoms with E-state index >= 15 is 0 Å². The van der Waals surface area contributed by atoms with Gasteiger partial charge >= 0.3 is 0 Å². The van der Waals surface area contributed by atoms with Crippen molar-refractivity contribution in [1.29, 1.82) is 0 Å². The largest absolute Gasteiger partial charge is 0.496 e. The molecule has 0 amide bonds. The Hall–Kier alpha value is -2.17. The summed E-state index contributed by atoms with van der Waals surface area (Å²) in [6.07, 6.45) is 4.49. The predicted molar refractivity (Wildman–Crippen MR) is 113 cm³/mol. The molecule has 0 fully saturated rings. The summed E-state index contributed by atoms with van der Waals surface area (Å²) in [7, 11) is -1.50. The molecule has 0 radical (unpaired) electrons. The molecule has 0 aliphatic carbocycles. The lowest BCUT2D eigenvalue weighted by Gasteiger charge is -2.19. The molecule has 9 heteroatoms. The molecular weight excluding hydrogens is 460 g/mol. The van der Waals surface area contributed by atoms with Crippen LogP contribution in [0.3, 0.4) is 0 Å². The zero-order valence-electron chi connectivity index (χ0n) is 16.9. The molecule has 2 heterocycles. The lowest BCUT2D eigenvalue weighted by Crippen LogP contribution is -2.68. The second kappa shape index (κ2) is 9.97. The van der Waals surface area contributed by atoms with Crippen LogP contribution in [0.4, 0.5) is 0 Å². The van der Waals surface area contributed by atoms with Crippen molar-refractivity contribution in [2.75, 3.05) is 14.2 Å². The van der Waals surface area contributed by atoms with Gasteiger partial charge in [0.25, 0.3) is 4.70 Å². The van der Waals surface area contributed by atoms with Crippen molar-refractivity contribution >= 4 is 44.8 Å². The number of hydrogen-bond donors (Lipinski definition) is 0. The van der Waals surface area contributed by atoms with E-state index in [2.05, 4.69) is 42.7 Å². The van der Waals surface area contributed by atoms with E-state index in [0.29, 0.717) is 0 Å². The number of rotatable bonds is 3. The summed E-state index contributed by atoms with van der Waals surface area (Å²) in [6, 6.07) is 14.6. The monoisotopic (exact) mass is 478 g/mol. The number of halogens is 1. The summed E-state index contributed by atoms with van der Waals surface area (Å²) < 4.78 is 46.2. The molecule has 31 heavy (non-hydrogen) atoms. The molecule has 162 valence electrons. The standard InChI is InChI=1S/C22H19O2S2.ClHO4/c1-14-12-16(26-22-17(14)6-4-9-20(22)24-3)13-15-10-11-25-21-18(15)7-5-8-19(21)23-2;2-1(3,4)5/h4-13H,1-3H3;(H,2,3,4,5)/q+1;/p-1. The van der Waals surface area contributed by atoms with Crippen LogP contribution >= 0.6 is 23.1 Å². The minimum atomic E-state index is -4.94. The predicted octanol–water partition coefficient (Wildman–Crippen LogP) is 1.99. The van der Waals surface area contributed by atoms with Gasteiger partial charge in [0.1, 0.15) is 5.75 Å². The van der Waals surface area contributed by atoms with E-state index in [1.54, 1.807) is 37.3 Å². The summed E-state index contributed by atoms with van der Waals surface area (Å²) in [5.74, 6) is 1.84. The first-order valence-corrected chi connectivity index (χ1v) is 11.9. The Morgan fingerprint density at radius 1 is 0.935 bits per heavy atom. The van der Waals surface area contributed by atoms with Crippen molar-refractivity contribution in [2.24, 2.45) is 0 Å². The molecule has 1 aliphatic rings. The SMILES string of the molecule is COc1cccc2c1S/C(=C/c1cc[s+]c3c(OC)cccc13)C=C2C.[O-][Cl+3]([O-])([O-])[O-]. The molecule has 0 N–H and O–H groups in total. The first kappa shape index (κ1) is 23.5. The van der Waals surface area contributed by atoms with Gasteiger partial charge in [0.15, 0.2) is 11.1 Å².